The Morgan fingerprint density at radius 1 is 1.18 bits per heavy atom. The van der Waals surface area contributed by atoms with Crippen molar-refractivity contribution in [1.29, 1.82) is 0 Å². The number of hydrogen-bond donors (Lipinski definition) is 1. The summed E-state index contributed by atoms with van der Waals surface area (Å²) in [4.78, 5) is 26.4. The highest BCUT2D eigenvalue weighted by molar-refractivity contribution is 7.91. The molecule has 1 saturated carbocycles. The number of allylic oxidation sites excluding steroid dienone is 1. The zero-order valence-electron chi connectivity index (χ0n) is 16.7. The average Bonchev–Trinajstić information content (AvgIpc) is 2.70. The molecule has 6 nitrogen and oxygen atoms in total. The summed E-state index contributed by atoms with van der Waals surface area (Å²) in [5, 5.41) is 2.64. The molecule has 0 spiro atoms. The van der Waals surface area contributed by atoms with E-state index in [2.05, 4.69) is 5.32 Å². The summed E-state index contributed by atoms with van der Waals surface area (Å²) >= 11 is 0. The quantitative estimate of drug-likeness (QED) is 0.638. The van der Waals surface area contributed by atoms with Crippen LogP contribution in [0.2, 0.25) is 0 Å². The number of ketones is 1. The third-order valence-corrected chi connectivity index (χ3v) is 6.76. The summed E-state index contributed by atoms with van der Waals surface area (Å²) < 4.78 is 24.2. The Morgan fingerprint density at radius 2 is 1.89 bits per heavy atom. The molecule has 0 bridgehead atoms. The lowest BCUT2D eigenvalue weighted by atomic mass is 9.94. The average molecular weight is 407 g/mol. The molecule has 0 atom stereocenters. The summed E-state index contributed by atoms with van der Waals surface area (Å²) in [5.41, 5.74) is 0.635. The lowest BCUT2D eigenvalue weighted by Gasteiger charge is -2.31. The first-order valence-electron chi connectivity index (χ1n) is 9.77. The summed E-state index contributed by atoms with van der Waals surface area (Å²) in [7, 11) is 0.0121. The first-order valence-corrected chi connectivity index (χ1v) is 11.4. The number of amides is 1. The summed E-state index contributed by atoms with van der Waals surface area (Å²) in [6.07, 6.45) is 9.01. The fourth-order valence-corrected chi connectivity index (χ4v) is 4.58. The Kier molecular flexibility index (Phi) is 8.38. The van der Waals surface area contributed by atoms with Crippen molar-refractivity contribution >= 4 is 27.6 Å². The molecule has 0 aromatic heterocycles. The number of carbonyl (C=O) groups is 2. The first kappa shape index (κ1) is 22.3. The molecule has 0 unspecified atom stereocenters. The molecular formula is C21H30N2O4S. The van der Waals surface area contributed by atoms with Gasteiger partial charge in [0.15, 0.2) is 15.6 Å². The highest BCUT2D eigenvalue weighted by atomic mass is 32.2. The number of nitrogens with one attached hydrogen (secondary N) is 1. The Bertz CT molecular complexity index is 811. The molecule has 0 saturated heterocycles. The molecule has 0 heterocycles. The Labute approximate surface area is 167 Å². The lowest BCUT2D eigenvalue weighted by molar-refractivity contribution is -0.133. The van der Waals surface area contributed by atoms with E-state index in [9.17, 15) is 18.0 Å². The summed E-state index contributed by atoms with van der Waals surface area (Å²) in [5.74, 6) is -0.280. The molecule has 0 aliphatic heterocycles. The SMILES string of the molecule is CNCS(=O)(=O)c1cccc(/C=C/C(=O)CCC(=O)N(C)C2CCCCC2)c1. The van der Waals surface area contributed by atoms with E-state index in [-0.39, 0.29) is 35.3 Å². The van der Waals surface area contributed by atoms with Gasteiger partial charge < -0.3 is 10.2 Å². The van der Waals surface area contributed by atoms with Crippen LogP contribution in [-0.4, -0.2) is 51.0 Å². The second-order valence-corrected chi connectivity index (χ2v) is 9.27. The minimum atomic E-state index is -3.39. The van der Waals surface area contributed by atoms with Gasteiger partial charge in [0.1, 0.15) is 5.88 Å². The maximum absolute atomic E-state index is 12.3. The highest BCUT2D eigenvalue weighted by Gasteiger charge is 2.22. The number of nitrogens with zero attached hydrogens (tertiary/aromatic N) is 1. The normalized spacial score (nSPS) is 15.6. The predicted molar refractivity (Wildman–Crippen MR) is 110 cm³/mol. The number of carbonyl (C=O) groups excluding carboxylic acids is 2. The van der Waals surface area contributed by atoms with E-state index in [1.54, 1.807) is 36.2 Å². The van der Waals surface area contributed by atoms with Crippen molar-refractivity contribution in [2.24, 2.45) is 0 Å². The minimum absolute atomic E-state index is 0.00815. The second-order valence-electron chi connectivity index (χ2n) is 7.28. The number of sulfone groups is 1. The largest absolute Gasteiger partial charge is 0.343 e. The van der Waals surface area contributed by atoms with Crippen LogP contribution in [0.4, 0.5) is 0 Å². The van der Waals surface area contributed by atoms with Gasteiger partial charge in [-0.3, -0.25) is 9.59 Å². The molecule has 7 heteroatoms. The fraction of sp³-hybridized carbons (Fsp3) is 0.524. The number of benzene rings is 1. The second kappa shape index (κ2) is 10.5. The molecular weight excluding hydrogens is 376 g/mol. The van der Waals surface area contributed by atoms with Crippen LogP contribution in [0, 0.1) is 0 Å². The maximum Gasteiger partial charge on any atom is 0.223 e. The molecule has 1 aliphatic rings. The van der Waals surface area contributed by atoms with Crippen molar-refractivity contribution in [3.63, 3.8) is 0 Å². The molecule has 28 heavy (non-hydrogen) atoms. The van der Waals surface area contributed by atoms with Crippen molar-refractivity contribution in [3.8, 4) is 0 Å². The molecule has 2 rings (SSSR count). The van der Waals surface area contributed by atoms with Gasteiger partial charge in [-0.25, -0.2) is 8.42 Å². The van der Waals surface area contributed by atoms with Gasteiger partial charge in [0.25, 0.3) is 0 Å². The fourth-order valence-electron chi connectivity index (χ4n) is 3.44. The number of rotatable bonds is 9. The van der Waals surface area contributed by atoms with E-state index in [4.69, 9.17) is 0 Å². The third-order valence-electron chi connectivity index (χ3n) is 5.11. The first-order chi connectivity index (χ1) is 13.3. The standard InChI is InChI=1S/C21H30N2O4S/c1-22-16-28(26,27)20-10-6-7-17(15-20)11-12-19(24)13-14-21(25)23(2)18-8-4-3-5-9-18/h6-7,10-12,15,18,22H,3-5,8-9,13-14,16H2,1-2H3/b12-11+. The van der Waals surface area contributed by atoms with Gasteiger partial charge in [0.05, 0.1) is 4.90 Å². The van der Waals surface area contributed by atoms with Gasteiger partial charge in [-0.2, -0.15) is 0 Å². The topological polar surface area (TPSA) is 83.5 Å². The van der Waals surface area contributed by atoms with Gasteiger partial charge in [0.2, 0.25) is 5.91 Å². The van der Waals surface area contributed by atoms with Crippen LogP contribution in [-0.2, 0) is 19.4 Å². The molecule has 1 fully saturated rings. The molecule has 154 valence electrons. The maximum atomic E-state index is 12.3. The van der Waals surface area contributed by atoms with Crippen molar-refractivity contribution in [3.05, 3.63) is 35.9 Å². The van der Waals surface area contributed by atoms with Crippen LogP contribution >= 0.6 is 0 Å². The van der Waals surface area contributed by atoms with Gasteiger partial charge in [-0.1, -0.05) is 37.5 Å². The molecule has 1 N–H and O–H groups in total. The third kappa shape index (κ3) is 6.56. The van der Waals surface area contributed by atoms with E-state index < -0.39 is 9.84 Å². The Hall–Kier alpha value is -1.99. The Morgan fingerprint density at radius 3 is 2.57 bits per heavy atom. The van der Waals surface area contributed by atoms with Crippen LogP contribution < -0.4 is 5.32 Å². The summed E-state index contributed by atoms with van der Waals surface area (Å²) in [6, 6.07) is 6.76. The van der Waals surface area contributed by atoms with Crippen LogP contribution in [0.25, 0.3) is 6.08 Å². The van der Waals surface area contributed by atoms with Crippen molar-refractivity contribution < 1.29 is 18.0 Å². The zero-order valence-corrected chi connectivity index (χ0v) is 17.5. The van der Waals surface area contributed by atoms with Crippen LogP contribution in [0.15, 0.2) is 35.2 Å². The number of hydrogen-bond acceptors (Lipinski definition) is 5. The van der Waals surface area contributed by atoms with Crippen molar-refractivity contribution in [1.82, 2.24) is 10.2 Å². The molecule has 1 amide bonds. The molecule has 0 radical (unpaired) electrons. The van der Waals surface area contributed by atoms with Crippen LogP contribution in [0.5, 0.6) is 0 Å². The van der Waals surface area contributed by atoms with E-state index in [1.165, 1.54) is 18.6 Å². The molecule has 1 aliphatic carbocycles. The van der Waals surface area contributed by atoms with Crippen LogP contribution in [0.3, 0.4) is 0 Å². The van der Waals surface area contributed by atoms with E-state index >= 15 is 0 Å². The van der Waals surface area contributed by atoms with Crippen molar-refractivity contribution in [2.75, 3.05) is 20.0 Å². The van der Waals surface area contributed by atoms with Gasteiger partial charge in [-0.15, -0.1) is 0 Å². The molecule has 1 aromatic rings. The predicted octanol–water partition coefficient (Wildman–Crippen LogP) is 2.79. The zero-order chi connectivity index (χ0) is 20.6. The Balaban J connectivity index is 1.89. The van der Waals surface area contributed by atoms with Crippen LogP contribution in [0.1, 0.15) is 50.5 Å². The van der Waals surface area contributed by atoms with E-state index in [1.807, 2.05) is 7.05 Å². The van der Waals surface area contributed by atoms with Gasteiger partial charge in [0, 0.05) is 25.9 Å². The monoisotopic (exact) mass is 406 g/mol. The van der Waals surface area contributed by atoms with Crippen molar-refractivity contribution in [2.45, 2.75) is 55.9 Å². The highest BCUT2D eigenvalue weighted by Crippen LogP contribution is 2.22. The smallest absolute Gasteiger partial charge is 0.223 e. The minimum Gasteiger partial charge on any atom is -0.343 e. The van der Waals surface area contributed by atoms with Gasteiger partial charge in [-0.05, 0) is 43.7 Å². The van der Waals surface area contributed by atoms with E-state index in [0.29, 0.717) is 11.6 Å². The van der Waals surface area contributed by atoms with E-state index in [0.717, 1.165) is 25.7 Å². The van der Waals surface area contributed by atoms with Gasteiger partial charge >= 0.3 is 0 Å². The summed E-state index contributed by atoms with van der Waals surface area (Å²) in [6.45, 7) is 0. The lowest BCUT2D eigenvalue weighted by Crippen LogP contribution is -2.38. The molecule has 1 aromatic carbocycles.